The SMILES string of the molecule is C[C@@H]1[C@@H](C)C/C=C\[C@](O)(c2nccn2C)[C@@H]2CC[C@H]2CN2C[C@@]3(CCCc4cc(Cl)ccc43)COc3ccc(cc32)C(=O)NS1(=O)=O. The van der Waals surface area contributed by atoms with Gasteiger partial charge in [0, 0.05) is 54.4 Å². The number of carbonyl (C=O) groups is 1. The van der Waals surface area contributed by atoms with Gasteiger partial charge in [0.05, 0.1) is 17.5 Å². The first kappa shape index (κ1) is 32.2. The van der Waals surface area contributed by atoms with Crippen LogP contribution in [0.25, 0.3) is 0 Å². The van der Waals surface area contributed by atoms with Gasteiger partial charge in [-0.05, 0) is 105 Å². The van der Waals surface area contributed by atoms with E-state index in [2.05, 4.69) is 26.7 Å². The third-order valence-electron chi connectivity index (χ3n) is 11.3. The number of sulfonamides is 1. The topological polar surface area (TPSA) is 114 Å². The van der Waals surface area contributed by atoms with Gasteiger partial charge < -0.3 is 19.3 Å². The molecule has 6 atom stereocenters. The van der Waals surface area contributed by atoms with Gasteiger partial charge in [-0.25, -0.2) is 18.1 Å². The van der Waals surface area contributed by atoms with Crippen molar-refractivity contribution in [3.8, 4) is 5.75 Å². The predicted octanol–water partition coefficient (Wildman–Crippen LogP) is 5.50. The average Bonchev–Trinajstić information content (AvgIpc) is 3.40. The van der Waals surface area contributed by atoms with Gasteiger partial charge in [0.25, 0.3) is 5.91 Å². The van der Waals surface area contributed by atoms with Gasteiger partial charge in [0.2, 0.25) is 10.0 Å². The van der Waals surface area contributed by atoms with Gasteiger partial charge >= 0.3 is 0 Å². The minimum Gasteiger partial charge on any atom is -0.490 e. The van der Waals surface area contributed by atoms with Crippen LogP contribution in [0.3, 0.4) is 0 Å². The Morgan fingerprint density at radius 2 is 1.98 bits per heavy atom. The largest absolute Gasteiger partial charge is 0.490 e. The summed E-state index contributed by atoms with van der Waals surface area (Å²) in [5.74, 6) is 0.267. The zero-order chi connectivity index (χ0) is 33.1. The molecule has 1 fully saturated rings. The number of aliphatic hydroxyl groups is 1. The summed E-state index contributed by atoms with van der Waals surface area (Å²) in [6.07, 6.45) is 12.3. The third kappa shape index (κ3) is 5.66. The summed E-state index contributed by atoms with van der Waals surface area (Å²) in [4.78, 5) is 20.4. The summed E-state index contributed by atoms with van der Waals surface area (Å²) in [6, 6.07) is 11.3. The number of aromatic nitrogens is 2. The van der Waals surface area contributed by atoms with Crippen LogP contribution in [0, 0.1) is 17.8 Å². The van der Waals surface area contributed by atoms with Crippen molar-refractivity contribution < 1.29 is 23.1 Å². The second-order valence-corrected chi connectivity index (χ2v) is 16.7. The summed E-state index contributed by atoms with van der Waals surface area (Å²) < 4.78 is 37.6. The fourth-order valence-corrected chi connectivity index (χ4v) is 9.74. The number of anilines is 1. The van der Waals surface area contributed by atoms with Crippen molar-refractivity contribution in [3.05, 3.63) is 88.5 Å². The number of benzene rings is 2. The molecule has 2 aliphatic carbocycles. The lowest BCUT2D eigenvalue weighted by Crippen LogP contribution is -2.52. The number of allylic oxidation sites excluding steroid dienone is 1. The first-order valence-corrected chi connectivity index (χ1v) is 18.6. The van der Waals surface area contributed by atoms with E-state index in [0.29, 0.717) is 37.7 Å². The molecule has 0 unspecified atom stereocenters. The van der Waals surface area contributed by atoms with Crippen molar-refractivity contribution in [2.45, 2.75) is 68.6 Å². The van der Waals surface area contributed by atoms with Crippen LogP contribution in [-0.2, 0) is 34.5 Å². The standard InChI is InChI=1S/C36H43ClN4O5S/c1-23-6-4-15-36(43,34-38-16-17-40(34)3)30-11-8-27(30)20-41-21-35(14-5-7-25-18-28(37)10-12-29(25)35)22-46-32-13-9-26(19-31(32)41)33(42)39-47(44,45)24(23)2/h4,9-10,12-13,15-19,23-24,27,30,43H,5-8,11,14,20-22H2,1-3H3,(H,39,42)/b15-4-/t23-,24+,27-,30+,35-,36+/m0/s1. The van der Waals surface area contributed by atoms with E-state index in [0.717, 1.165) is 42.8 Å². The van der Waals surface area contributed by atoms with Crippen molar-refractivity contribution in [1.29, 1.82) is 0 Å². The Morgan fingerprint density at radius 1 is 1.15 bits per heavy atom. The Kier molecular flexibility index (Phi) is 8.20. The lowest BCUT2D eigenvalue weighted by atomic mass is 9.63. The van der Waals surface area contributed by atoms with Gasteiger partial charge in [-0.15, -0.1) is 0 Å². The van der Waals surface area contributed by atoms with Gasteiger partial charge in [-0.3, -0.25) is 4.79 Å². The molecule has 2 aromatic carbocycles. The van der Waals surface area contributed by atoms with Crippen molar-refractivity contribution in [2.24, 2.45) is 24.8 Å². The van der Waals surface area contributed by atoms with Crippen LogP contribution >= 0.6 is 11.6 Å². The van der Waals surface area contributed by atoms with Crippen molar-refractivity contribution in [2.75, 3.05) is 24.6 Å². The van der Waals surface area contributed by atoms with E-state index in [1.807, 2.05) is 43.0 Å². The Morgan fingerprint density at radius 3 is 2.72 bits per heavy atom. The maximum absolute atomic E-state index is 13.5. The maximum atomic E-state index is 13.5. The minimum absolute atomic E-state index is 0.114. The third-order valence-corrected chi connectivity index (χ3v) is 13.5. The molecule has 1 spiro atoms. The van der Waals surface area contributed by atoms with Crippen molar-refractivity contribution >= 4 is 33.2 Å². The lowest BCUT2D eigenvalue weighted by Gasteiger charge is -2.48. The van der Waals surface area contributed by atoms with Crippen LogP contribution in [0.4, 0.5) is 5.69 Å². The number of nitrogens with zero attached hydrogens (tertiary/aromatic N) is 3. The van der Waals surface area contributed by atoms with Crippen LogP contribution < -0.4 is 14.4 Å². The lowest BCUT2D eigenvalue weighted by molar-refractivity contribution is -0.0577. The number of aryl methyl sites for hydroxylation is 2. The number of ether oxygens (including phenoxy) is 1. The Bertz CT molecular complexity index is 1840. The van der Waals surface area contributed by atoms with Crippen molar-refractivity contribution in [1.82, 2.24) is 14.3 Å². The summed E-state index contributed by atoms with van der Waals surface area (Å²) in [5, 5.41) is 12.4. The van der Waals surface area contributed by atoms with Crippen LogP contribution in [0.2, 0.25) is 5.02 Å². The van der Waals surface area contributed by atoms with Gasteiger partial charge in [-0.1, -0.05) is 30.7 Å². The number of halogens is 1. The van der Waals surface area contributed by atoms with Crippen LogP contribution in [0.15, 0.2) is 60.9 Å². The van der Waals surface area contributed by atoms with E-state index in [-0.39, 0.29) is 28.7 Å². The molecule has 7 rings (SSSR count). The molecule has 4 aliphatic rings. The second-order valence-electron chi connectivity index (χ2n) is 14.2. The number of imidazole rings is 1. The number of nitrogens with one attached hydrogen (secondary N) is 1. The number of carbonyl (C=O) groups excluding carboxylic acids is 1. The molecule has 0 radical (unpaired) electrons. The summed E-state index contributed by atoms with van der Waals surface area (Å²) in [6.45, 7) is 5.20. The van der Waals surface area contributed by atoms with Gasteiger partial charge in [0.15, 0.2) is 0 Å². The summed E-state index contributed by atoms with van der Waals surface area (Å²) >= 11 is 6.44. The van der Waals surface area contributed by atoms with E-state index in [9.17, 15) is 18.3 Å². The number of amides is 1. The number of hydrogen-bond acceptors (Lipinski definition) is 7. The van der Waals surface area contributed by atoms with Crippen LogP contribution in [0.1, 0.15) is 73.3 Å². The number of fused-ring (bicyclic) bond motifs is 4. The Balaban J connectivity index is 1.35. The van der Waals surface area contributed by atoms with E-state index in [1.54, 1.807) is 31.3 Å². The monoisotopic (exact) mass is 678 g/mol. The van der Waals surface area contributed by atoms with Gasteiger partial charge in [-0.2, -0.15) is 0 Å². The Labute approximate surface area is 282 Å². The fourth-order valence-electron chi connectivity index (χ4n) is 8.26. The molecule has 11 heteroatoms. The number of rotatable bonds is 1. The molecule has 0 saturated heterocycles. The molecule has 2 bridgehead atoms. The molecular weight excluding hydrogens is 636 g/mol. The molecule has 2 N–H and O–H groups in total. The highest BCUT2D eigenvalue weighted by Gasteiger charge is 2.50. The first-order valence-electron chi connectivity index (χ1n) is 16.6. The zero-order valence-electron chi connectivity index (χ0n) is 27.2. The van der Waals surface area contributed by atoms with Crippen LogP contribution in [0.5, 0.6) is 5.75 Å². The molecular formula is C36H43ClN4O5S. The van der Waals surface area contributed by atoms with E-state index >= 15 is 0 Å². The molecule has 9 nitrogen and oxygen atoms in total. The van der Waals surface area contributed by atoms with E-state index < -0.39 is 26.8 Å². The average molecular weight is 679 g/mol. The van der Waals surface area contributed by atoms with Crippen molar-refractivity contribution in [3.63, 3.8) is 0 Å². The molecule has 250 valence electrons. The van der Waals surface area contributed by atoms with E-state index in [4.69, 9.17) is 16.3 Å². The molecule has 47 heavy (non-hydrogen) atoms. The molecule has 1 amide bonds. The second kappa shape index (κ2) is 12.0. The summed E-state index contributed by atoms with van der Waals surface area (Å²) in [7, 11) is -2.10. The number of hydrogen-bond donors (Lipinski definition) is 2. The molecule has 1 aromatic heterocycles. The predicted molar refractivity (Wildman–Crippen MR) is 182 cm³/mol. The zero-order valence-corrected chi connectivity index (χ0v) is 28.7. The van der Waals surface area contributed by atoms with E-state index in [1.165, 1.54) is 11.1 Å². The highest BCUT2D eigenvalue weighted by molar-refractivity contribution is 7.90. The quantitative estimate of drug-likeness (QED) is 0.327. The highest BCUT2D eigenvalue weighted by atomic mass is 35.5. The minimum atomic E-state index is -3.99. The van der Waals surface area contributed by atoms with Crippen LogP contribution in [-0.4, -0.2) is 53.9 Å². The molecule has 3 aromatic rings. The first-order chi connectivity index (χ1) is 22.4. The molecule has 1 saturated carbocycles. The highest BCUT2D eigenvalue weighted by Crippen LogP contribution is 2.50. The Hall–Kier alpha value is -3.34. The normalized spacial score (nSPS) is 32.6. The van der Waals surface area contributed by atoms with Gasteiger partial charge in [0.1, 0.15) is 17.2 Å². The summed E-state index contributed by atoms with van der Waals surface area (Å²) in [5.41, 5.74) is 1.82. The fraction of sp³-hybridized carbons (Fsp3) is 0.500. The molecule has 3 heterocycles. The molecule has 2 aliphatic heterocycles. The smallest absolute Gasteiger partial charge is 0.264 e. The maximum Gasteiger partial charge on any atom is 0.264 e.